The molecule has 2 atom stereocenters. The van der Waals surface area contributed by atoms with Crippen LogP contribution in [0.3, 0.4) is 0 Å². The number of amides is 2. The first-order chi connectivity index (χ1) is 12.5. The number of esters is 1. The standard InChI is InChI=1S/C19H24N2O5/c1-12(18(23)20-13-7-3-2-4-8-13)25-17(22)11-16-19(24)21-14-9-5-6-10-15(14)26-16/h5-6,9-10,12-13,16H,2-4,7-8,11H2,1H3,(H,20,23)(H,21,24)/t12-,16+/m1/s1. The van der Waals surface area contributed by atoms with Gasteiger partial charge in [0.25, 0.3) is 11.8 Å². The van der Waals surface area contributed by atoms with Gasteiger partial charge < -0.3 is 20.1 Å². The van der Waals surface area contributed by atoms with Gasteiger partial charge in [0.15, 0.2) is 12.2 Å². The maximum absolute atomic E-state index is 12.2. The fourth-order valence-electron chi connectivity index (χ4n) is 3.24. The van der Waals surface area contributed by atoms with Gasteiger partial charge in [-0.2, -0.15) is 0 Å². The molecule has 0 saturated heterocycles. The molecule has 1 heterocycles. The third-order valence-corrected chi connectivity index (χ3v) is 4.69. The second kappa shape index (κ2) is 8.21. The Kier molecular flexibility index (Phi) is 5.75. The van der Waals surface area contributed by atoms with E-state index in [4.69, 9.17) is 9.47 Å². The number of hydrogen-bond donors (Lipinski definition) is 2. The lowest BCUT2D eigenvalue weighted by Gasteiger charge is -2.26. The number of fused-ring (bicyclic) bond motifs is 1. The number of benzene rings is 1. The summed E-state index contributed by atoms with van der Waals surface area (Å²) >= 11 is 0. The first-order valence-corrected chi connectivity index (χ1v) is 9.09. The minimum absolute atomic E-state index is 0.154. The van der Waals surface area contributed by atoms with Crippen LogP contribution >= 0.6 is 0 Å². The molecule has 0 radical (unpaired) electrons. The fraction of sp³-hybridized carbons (Fsp3) is 0.526. The summed E-state index contributed by atoms with van der Waals surface area (Å²) in [6.07, 6.45) is 3.21. The molecule has 2 N–H and O–H groups in total. The third kappa shape index (κ3) is 4.53. The number of rotatable bonds is 5. The van der Waals surface area contributed by atoms with Gasteiger partial charge in [0.05, 0.1) is 12.1 Å². The number of anilines is 1. The van der Waals surface area contributed by atoms with E-state index in [9.17, 15) is 14.4 Å². The van der Waals surface area contributed by atoms with E-state index in [1.54, 1.807) is 24.3 Å². The van der Waals surface area contributed by atoms with Gasteiger partial charge in [-0.3, -0.25) is 14.4 Å². The summed E-state index contributed by atoms with van der Waals surface area (Å²) in [5.41, 5.74) is 0.572. The minimum Gasteiger partial charge on any atom is -0.478 e. The predicted molar refractivity (Wildman–Crippen MR) is 94.7 cm³/mol. The lowest BCUT2D eigenvalue weighted by atomic mass is 9.95. The van der Waals surface area contributed by atoms with Gasteiger partial charge in [0.1, 0.15) is 5.75 Å². The summed E-state index contributed by atoms with van der Waals surface area (Å²) in [4.78, 5) is 36.3. The molecule has 7 heteroatoms. The van der Waals surface area contributed by atoms with Crippen molar-refractivity contribution in [2.24, 2.45) is 0 Å². The van der Waals surface area contributed by atoms with E-state index in [-0.39, 0.29) is 18.4 Å². The monoisotopic (exact) mass is 360 g/mol. The summed E-state index contributed by atoms with van der Waals surface area (Å²) in [7, 11) is 0. The number of nitrogens with one attached hydrogen (secondary N) is 2. The zero-order valence-electron chi connectivity index (χ0n) is 14.8. The van der Waals surface area contributed by atoms with Crippen LogP contribution in [0.5, 0.6) is 5.75 Å². The fourth-order valence-corrected chi connectivity index (χ4v) is 3.24. The molecule has 3 rings (SSSR count). The predicted octanol–water partition coefficient (Wildman–Crippen LogP) is 2.16. The highest BCUT2D eigenvalue weighted by molar-refractivity contribution is 5.99. The van der Waals surface area contributed by atoms with Gasteiger partial charge in [-0.1, -0.05) is 31.4 Å². The maximum atomic E-state index is 12.2. The number of hydrogen-bond acceptors (Lipinski definition) is 5. The highest BCUT2D eigenvalue weighted by atomic mass is 16.6. The number of carbonyl (C=O) groups is 3. The van der Waals surface area contributed by atoms with E-state index >= 15 is 0 Å². The second-order valence-electron chi connectivity index (χ2n) is 6.77. The van der Waals surface area contributed by atoms with Crippen LogP contribution < -0.4 is 15.4 Å². The average molecular weight is 360 g/mol. The van der Waals surface area contributed by atoms with E-state index in [0.29, 0.717) is 11.4 Å². The van der Waals surface area contributed by atoms with Crippen molar-refractivity contribution in [2.75, 3.05) is 5.32 Å². The molecular formula is C19H24N2O5. The summed E-state index contributed by atoms with van der Waals surface area (Å²) in [6, 6.07) is 7.15. The lowest BCUT2D eigenvalue weighted by Crippen LogP contribution is -2.44. The highest BCUT2D eigenvalue weighted by Crippen LogP contribution is 2.29. The van der Waals surface area contributed by atoms with Crippen molar-refractivity contribution in [2.45, 2.75) is 63.7 Å². The second-order valence-corrected chi connectivity index (χ2v) is 6.77. The summed E-state index contributed by atoms with van der Waals surface area (Å²) < 4.78 is 10.7. The van der Waals surface area contributed by atoms with E-state index in [1.165, 1.54) is 13.3 Å². The Morgan fingerprint density at radius 1 is 1.27 bits per heavy atom. The van der Waals surface area contributed by atoms with E-state index in [1.807, 2.05) is 0 Å². The Hall–Kier alpha value is -2.57. The smallest absolute Gasteiger partial charge is 0.310 e. The lowest BCUT2D eigenvalue weighted by molar-refractivity contribution is -0.157. The van der Waals surface area contributed by atoms with Crippen LogP contribution in [0.15, 0.2) is 24.3 Å². The van der Waals surface area contributed by atoms with Gasteiger partial charge in [-0.15, -0.1) is 0 Å². The molecule has 1 aromatic rings. The van der Waals surface area contributed by atoms with Crippen molar-refractivity contribution in [3.8, 4) is 5.75 Å². The molecule has 2 aliphatic rings. The topological polar surface area (TPSA) is 93.7 Å². The molecule has 1 aromatic carbocycles. The zero-order valence-corrected chi connectivity index (χ0v) is 14.8. The van der Waals surface area contributed by atoms with Gasteiger partial charge in [-0.05, 0) is 31.9 Å². The van der Waals surface area contributed by atoms with E-state index in [0.717, 1.165) is 25.7 Å². The number of ether oxygens (including phenoxy) is 2. The van der Waals surface area contributed by atoms with Crippen LogP contribution in [0.25, 0.3) is 0 Å². The number of carbonyl (C=O) groups excluding carboxylic acids is 3. The van der Waals surface area contributed by atoms with Crippen molar-refractivity contribution in [3.63, 3.8) is 0 Å². The minimum atomic E-state index is -0.967. The number of para-hydroxylation sites is 2. The summed E-state index contributed by atoms with van der Waals surface area (Å²) in [5, 5.41) is 5.62. The van der Waals surface area contributed by atoms with Crippen LogP contribution in [-0.4, -0.2) is 36.0 Å². The Morgan fingerprint density at radius 2 is 2.00 bits per heavy atom. The van der Waals surface area contributed by atoms with Crippen LogP contribution in [0.1, 0.15) is 45.4 Å². The van der Waals surface area contributed by atoms with Crippen molar-refractivity contribution < 1.29 is 23.9 Å². The molecule has 0 aromatic heterocycles. The van der Waals surface area contributed by atoms with Gasteiger partial charge in [0, 0.05) is 6.04 Å². The van der Waals surface area contributed by atoms with Gasteiger partial charge in [0.2, 0.25) is 0 Å². The van der Waals surface area contributed by atoms with Crippen molar-refractivity contribution in [1.29, 1.82) is 0 Å². The van der Waals surface area contributed by atoms with Crippen molar-refractivity contribution in [3.05, 3.63) is 24.3 Å². The van der Waals surface area contributed by atoms with E-state index in [2.05, 4.69) is 10.6 Å². The molecular weight excluding hydrogens is 336 g/mol. The zero-order chi connectivity index (χ0) is 18.5. The van der Waals surface area contributed by atoms with Crippen molar-refractivity contribution >= 4 is 23.5 Å². The van der Waals surface area contributed by atoms with E-state index < -0.39 is 24.1 Å². The average Bonchev–Trinajstić information content (AvgIpc) is 2.63. The first kappa shape index (κ1) is 18.2. The maximum Gasteiger partial charge on any atom is 0.310 e. The summed E-state index contributed by atoms with van der Waals surface area (Å²) in [5.74, 6) is -0.839. The first-order valence-electron chi connectivity index (χ1n) is 9.09. The molecule has 1 saturated carbocycles. The molecule has 26 heavy (non-hydrogen) atoms. The largest absolute Gasteiger partial charge is 0.478 e. The SMILES string of the molecule is C[C@@H](OC(=O)C[C@@H]1Oc2ccccc2NC1=O)C(=O)NC1CCCCC1. The molecule has 0 unspecified atom stereocenters. The molecule has 2 amide bonds. The highest BCUT2D eigenvalue weighted by Gasteiger charge is 2.31. The quantitative estimate of drug-likeness (QED) is 0.785. The molecule has 0 spiro atoms. The van der Waals surface area contributed by atoms with Crippen LogP contribution in [0, 0.1) is 0 Å². The molecule has 140 valence electrons. The molecule has 7 nitrogen and oxygen atoms in total. The Bertz CT molecular complexity index is 684. The Labute approximate surface area is 152 Å². The Morgan fingerprint density at radius 3 is 2.77 bits per heavy atom. The van der Waals surface area contributed by atoms with Gasteiger partial charge >= 0.3 is 5.97 Å². The van der Waals surface area contributed by atoms with Crippen molar-refractivity contribution in [1.82, 2.24) is 5.32 Å². The molecule has 1 aliphatic carbocycles. The third-order valence-electron chi connectivity index (χ3n) is 4.69. The Balaban J connectivity index is 1.48. The van der Waals surface area contributed by atoms with Crippen LogP contribution in [-0.2, 0) is 19.1 Å². The van der Waals surface area contributed by atoms with Crippen LogP contribution in [0.2, 0.25) is 0 Å². The molecule has 0 bridgehead atoms. The summed E-state index contributed by atoms with van der Waals surface area (Å²) in [6.45, 7) is 1.53. The van der Waals surface area contributed by atoms with Gasteiger partial charge in [-0.25, -0.2) is 0 Å². The van der Waals surface area contributed by atoms with Crippen LogP contribution in [0.4, 0.5) is 5.69 Å². The molecule has 1 aliphatic heterocycles. The molecule has 1 fully saturated rings. The normalized spacial score (nSPS) is 21.0.